The maximum absolute atomic E-state index is 10.8. The molecule has 0 aliphatic carbocycles. The van der Waals surface area contributed by atoms with Gasteiger partial charge in [0.05, 0.1) is 6.54 Å². The molecular weight excluding hydrogens is 178 g/mol. The van der Waals surface area contributed by atoms with Crippen LogP contribution in [0.25, 0.3) is 0 Å². The van der Waals surface area contributed by atoms with Crippen molar-refractivity contribution in [2.75, 3.05) is 19.8 Å². The van der Waals surface area contributed by atoms with Gasteiger partial charge in [-0.1, -0.05) is 0 Å². The molecule has 0 radical (unpaired) electrons. The molecule has 0 rings (SSSR count). The van der Waals surface area contributed by atoms with Gasteiger partial charge >= 0.3 is 5.97 Å². The molecule has 0 spiro atoms. The van der Waals surface area contributed by atoms with Crippen LogP contribution in [-0.4, -0.2) is 48.0 Å². The van der Waals surface area contributed by atoms with Gasteiger partial charge in [0.25, 0.3) is 0 Å². The van der Waals surface area contributed by atoms with Crippen LogP contribution in [0.15, 0.2) is 0 Å². The summed E-state index contributed by atoms with van der Waals surface area (Å²) >= 11 is 0. The third-order valence-electron chi connectivity index (χ3n) is 1.21. The average Bonchev–Trinajstić information content (AvgIpc) is 2.10. The van der Waals surface area contributed by atoms with Gasteiger partial charge in [0.2, 0.25) is 5.91 Å². The third kappa shape index (κ3) is 6.06. The summed E-state index contributed by atoms with van der Waals surface area (Å²) in [7, 11) is 0. The number of hydrogen-bond donors (Lipinski definition) is 3. The summed E-state index contributed by atoms with van der Waals surface area (Å²) < 4.78 is 4.75. The zero-order valence-electron chi connectivity index (χ0n) is 7.32. The number of carbonyl (C=O) groups is 2. The van der Waals surface area contributed by atoms with Crippen molar-refractivity contribution in [3.63, 3.8) is 0 Å². The molecule has 0 heterocycles. The molecule has 0 aliphatic rings. The molecule has 0 aromatic carbocycles. The summed E-state index contributed by atoms with van der Waals surface area (Å²) in [6.45, 7) is 1.72. The lowest BCUT2D eigenvalue weighted by atomic mass is 10.3. The molecule has 3 N–H and O–H groups in total. The molecule has 0 aliphatic heterocycles. The number of rotatable bonds is 6. The first-order chi connectivity index (χ1) is 6.07. The van der Waals surface area contributed by atoms with Crippen molar-refractivity contribution in [2.45, 2.75) is 13.0 Å². The predicted octanol–water partition coefficient (Wildman–Crippen LogP) is -1.42. The van der Waals surface area contributed by atoms with E-state index in [0.717, 1.165) is 0 Å². The Kier molecular flexibility index (Phi) is 5.82. The van der Waals surface area contributed by atoms with Crippen LogP contribution in [0.4, 0.5) is 0 Å². The van der Waals surface area contributed by atoms with Crippen LogP contribution < -0.4 is 5.32 Å². The molecule has 6 nitrogen and oxygen atoms in total. The number of carboxylic acids is 1. The summed E-state index contributed by atoms with van der Waals surface area (Å²) in [6, 6.07) is 0. The van der Waals surface area contributed by atoms with Crippen LogP contribution in [0, 0.1) is 0 Å². The summed E-state index contributed by atoms with van der Waals surface area (Å²) in [6.07, 6.45) is -1.56. The summed E-state index contributed by atoms with van der Waals surface area (Å²) in [4.78, 5) is 20.9. The Labute approximate surface area is 75.5 Å². The van der Waals surface area contributed by atoms with Crippen molar-refractivity contribution >= 4 is 11.9 Å². The normalized spacial score (nSPS) is 12.2. The Morgan fingerprint density at radius 2 is 2.15 bits per heavy atom. The van der Waals surface area contributed by atoms with Gasteiger partial charge in [0.15, 0.2) is 6.10 Å². The Morgan fingerprint density at radius 3 is 2.62 bits per heavy atom. The van der Waals surface area contributed by atoms with Crippen molar-refractivity contribution < 1.29 is 24.5 Å². The van der Waals surface area contributed by atoms with Gasteiger partial charge in [0.1, 0.15) is 6.61 Å². The minimum absolute atomic E-state index is 0.122. The molecular formula is C7H13NO5. The number of carboxylic acid groups (broad SMARTS) is 1. The Hall–Kier alpha value is -1.14. The van der Waals surface area contributed by atoms with Crippen LogP contribution in [0.5, 0.6) is 0 Å². The van der Waals surface area contributed by atoms with Crippen molar-refractivity contribution in [3.8, 4) is 0 Å². The number of aliphatic hydroxyl groups excluding tert-OH is 1. The quantitative estimate of drug-likeness (QED) is 0.479. The fourth-order valence-electron chi connectivity index (χ4n) is 0.544. The van der Waals surface area contributed by atoms with E-state index in [1.807, 2.05) is 0 Å². The van der Waals surface area contributed by atoms with Crippen LogP contribution in [0.3, 0.4) is 0 Å². The molecule has 6 heteroatoms. The van der Waals surface area contributed by atoms with E-state index in [1.54, 1.807) is 6.92 Å². The Balaban J connectivity index is 3.52. The number of nitrogens with one attached hydrogen (secondary N) is 1. The largest absolute Gasteiger partial charge is 0.479 e. The van der Waals surface area contributed by atoms with E-state index in [2.05, 4.69) is 5.32 Å². The lowest BCUT2D eigenvalue weighted by Gasteiger charge is -2.07. The van der Waals surface area contributed by atoms with Crippen LogP contribution >= 0.6 is 0 Å². The molecule has 0 saturated carbocycles. The summed E-state index contributed by atoms with van der Waals surface area (Å²) in [5.41, 5.74) is 0. The molecule has 0 bridgehead atoms. The number of ether oxygens (including phenoxy) is 1. The third-order valence-corrected chi connectivity index (χ3v) is 1.21. The molecule has 1 atom stereocenters. The van der Waals surface area contributed by atoms with Crippen molar-refractivity contribution in [3.05, 3.63) is 0 Å². The molecule has 0 unspecified atom stereocenters. The Bertz CT molecular complexity index is 182. The number of carbonyl (C=O) groups excluding carboxylic acids is 1. The monoisotopic (exact) mass is 191 g/mol. The molecule has 76 valence electrons. The first kappa shape index (κ1) is 11.9. The number of hydrogen-bond acceptors (Lipinski definition) is 4. The zero-order chi connectivity index (χ0) is 10.3. The van der Waals surface area contributed by atoms with Crippen LogP contribution in [0.2, 0.25) is 0 Å². The first-order valence-electron chi connectivity index (χ1n) is 3.83. The zero-order valence-corrected chi connectivity index (χ0v) is 7.32. The molecule has 0 aromatic rings. The summed E-state index contributed by atoms with van der Waals surface area (Å²) in [5, 5.41) is 19.2. The van der Waals surface area contributed by atoms with E-state index in [-0.39, 0.29) is 13.2 Å². The van der Waals surface area contributed by atoms with Crippen molar-refractivity contribution in [2.24, 2.45) is 0 Å². The second kappa shape index (κ2) is 6.38. The van der Waals surface area contributed by atoms with E-state index in [4.69, 9.17) is 14.9 Å². The summed E-state index contributed by atoms with van der Waals surface area (Å²) in [5.74, 6) is -1.81. The highest BCUT2D eigenvalue weighted by Gasteiger charge is 2.13. The maximum atomic E-state index is 10.8. The van der Waals surface area contributed by atoms with Crippen molar-refractivity contribution in [1.82, 2.24) is 5.32 Å². The van der Waals surface area contributed by atoms with Gasteiger partial charge in [-0.05, 0) is 6.92 Å². The molecule has 1 amide bonds. The van der Waals surface area contributed by atoms with E-state index in [0.29, 0.717) is 6.61 Å². The van der Waals surface area contributed by atoms with E-state index < -0.39 is 18.0 Å². The first-order valence-corrected chi connectivity index (χ1v) is 3.83. The maximum Gasteiger partial charge on any atom is 0.334 e. The predicted molar refractivity (Wildman–Crippen MR) is 43.1 cm³/mol. The van der Waals surface area contributed by atoms with E-state index in [1.165, 1.54) is 0 Å². The molecule has 13 heavy (non-hydrogen) atoms. The van der Waals surface area contributed by atoms with Gasteiger partial charge in [0, 0.05) is 6.61 Å². The van der Waals surface area contributed by atoms with Gasteiger partial charge in [-0.3, -0.25) is 4.79 Å². The minimum atomic E-state index is -1.56. The average molecular weight is 191 g/mol. The van der Waals surface area contributed by atoms with Gasteiger partial charge < -0.3 is 20.3 Å². The second-order valence-electron chi connectivity index (χ2n) is 2.30. The number of aliphatic hydroxyl groups is 1. The second-order valence-corrected chi connectivity index (χ2v) is 2.30. The van der Waals surface area contributed by atoms with Crippen LogP contribution in [0.1, 0.15) is 6.92 Å². The lowest BCUT2D eigenvalue weighted by Crippen LogP contribution is -2.38. The molecule has 0 aromatic heterocycles. The highest BCUT2D eigenvalue weighted by atomic mass is 16.5. The van der Waals surface area contributed by atoms with Gasteiger partial charge in [-0.2, -0.15) is 0 Å². The fourth-order valence-corrected chi connectivity index (χ4v) is 0.544. The molecule has 0 fully saturated rings. The van der Waals surface area contributed by atoms with Crippen molar-refractivity contribution in [1.29, 1.82) is 0 Å². The smallest absolute Gasteiger partial charge is 0.334 e. The highest BCUT2D eigenvalue weighted by Crippen LogP contribution is 1.80. The SMILES string of the molecule is CCOCC(=O)NC[C@H](O)C(=O)O. The number of aliphatic carboxylic acids is 1. The van der Waals surface area contributed by atoms with Gasteiger partial charge in [-0.25, -0.2) is 4.79 Å². The molecule has 0 saturated heterocycles. The fraction of sp³-hybridized carbons (Fsp3) is 0.714. The Morgan fingerprint density at radius 1 is 1.54 bits per heavy atom. The topological polar surface area (TPSA) is 95.9 Å². The van der Waals surface area contributed by atoms with E-state index >= 15 is 0 Å². The van der Waals surface area contributed by atoms with Crippen LogP contribution in [-0.2, 0) is 14.3 Å². The van der Waals surface area contributed by atoms with Gasteiger partial charge in [-0.15, -0.1) is 0 Å². The number of amides is 1. The lowest BCUT2D eigenvalue weighted by molar-refractivity contribution is -0.146. The minimum Gasteiger partial charge on any atom is -0.479 e. The standard InChI is InChI=1S/C7H13NO5/c1-2-13-4-6(10)8-3-5(9)7(11)12/h5,9H,2-4H2,1H3,(H,8,10)(H,11,12)/t5-/m0/s1. The highest BCUT2D eigenvalue weighted by molar-refractivity contribution is 5.78. The van der Waals surface area contributed by atoms with E-state index in [9.17, 15) is 9.59 Å².